The average Bonchev–Trinajstić information content (AvgIpc) is 1.82. The zero-order valence-electron chi connectivity index (χ0n) is 6.17. The van der Waals surface area contributed by atoms with Crippen molar-refractivity contribution in [2.24, 2.45) is 0 Å². The molecule has 0 amide bonds. The van der Waals surface area contributed by atoms with Crippen LogP contribution in [-0.4, -0.2) is 8.76 Å². The molecule has 1 rings (SSSR count). The second kappa shape index (κ2) is 3.75. The molecule has 0 fully saturated rings. The lowest BCUT2D eigenvalue weighted by Crippen LogP contribution is -1.93. The molecule has 0 saturated heterocycles. The lowest BCUT2D eigenvalue weighted by molar-refractivity contribution is 0.564. The van der Waals surface area contributed by atoms with Crippen LogP contribution in [0.15, 0.2) is 17.0 Å². The van der Waals surface area contributed by atoms with E-state index in [-0.39, 0.29) is 9.92 Å². The van der Waals surface area contributed by atoms with Crippen molar-refractivity contribution in [1.29, 1.82) is 0 Å². The predicted molar refractivity (Wildman–Crippen MR) is 50.2 cm³/mol. The summed E-state index contributed by atoms with van der Waals surface area (Å²) in [5.74, 6) is 0. The molecule has 2 nitrogen and oxygen atoms in total. The van der Waals surface area contributed by atoms with Gasteiger partial charge in [0, 0.05) is 5.02 Å². The van der Waals surface area contributed by atoms with Crippen LogP contribution in [-0.2, 0) is 11.1 Å². The first kappa shape index (κ1) is 9.99. The highest BCUT2D eigenvalue weighted by molar-refractivity contribution is 7.79. The molecule has 0 aromatic heterocycles. The van der Waals surface area contributed by atoms with Gasteiger partial charge in [0.25, 0.3) is 0 Å². The lowest BCUT2D eigenvalue weighted by atomic mass is 10.2. The molecule has 1 unspecified atom stereocenters. The third-order valence-corrected chi connectivity index (χ3v) is 2.89. The maximum absolute atomic E-state index is 10.7. The molecule has 0 bridgehead atoms. The first-order valence-electron chi connectivity index (χ1n) is 3.09. The van der Waals surface area contributed by atoms with Gasteiger partial charge in [0.05, 0.1) is 9.92 Å². The molecule has 0 spiro atoms. The van der Waals surface area contributed by atoms with Crippen molar-refractivity contribution in [2.75, 3.05) is 0 Å². The largest absolute Gasteiger partial charge is 0.302 e. The van der Waals surface area contributed by atoms with Gasteiger partial charge in [-0.15, -0.1) is 0 Å². The standard InChI is InChI=1S/C7H6Cl2O2S/c1-4-2-5(8)3-6(9)7(4)12(10)11/h2-3H,1H3,(H,10,11). The van der Waals surface area contributed by atoms with Crippen molar-refractivity contribution in [1.82, 2.24) is 0 Å². The molecule has 0 heterocycles. The quantitative estimate of drug-likeness (QED) is 0.746. The van der Waals surface area contributed by atoms with E-state index in [4.69, 9.17) is 27.8 Å². The molecule has 66 valence electrons. The smallest absolute Gasteiger partial charge is 0.188 e. The zero-order valence-corrected chi connectivity index (χ0v) is 8.50. The van der Waals surface area contributed by atoms with Crippen LogP contribution >= 0.6 is 23.2 Å². The summed E-state index contributed by atoms with van der Waals surface area (Å²) in [5, 5.41) is 0.688. The van der Waals surface area contributed by atoms with E-state index in [2.05, 4.69) is 0 Å². The van der Waals surface area contributed by atoms with E-state index < -0.39 is 11.1 Å². The van der Waals surface area contributed by atoms with Gasteiger partial charge >= 0.3 is 0 Å². The van der Waals surface area contributed by atoms with Crippen molar-refractivity contribution in [2.45, 2.75) is 11.8 Å². The molecule has 12 heavy (non-hydrogen) atoms. The van der Waals surface area contributed by atoms with Gasteiger partial charge in [-0.1, -0.05) is 23.2 Å². The Labute approximate surface area is 82.8 Å². The normalized spacial score (nSPS) is 13.0. The molecule has 0 aliphatic rings. The van der Waals surface area contributed by atoms with Crippen molar-refractivity contribution in [3.8, 4) is 0 Å². The fraction of sp³-hybridized carbons (Fsp3) is 0.143. The molecule has 1 aromatic rings. The highest BCUT2D eigenvalue weighted by atomic mass is 35.5. The van der Waals surface area contributed by atoms with Crippen LogP contribution in [0.1, 0.15) is 5.56 Å². The lowest BCUT2D eigenvalue weighted by Gasteiger charge is -2.03. The molecular formula is C7H6Cl2O2S. The highest BCUT2D eigenvalue weighted by Crippen LogP contribution is 2.26. The van der Waals surface area contributed by atoms with Gasteiger partial charge in [-0.25, -0.2) is 4.21 Å². The fourth-order valence-corrected chi connectivity index (χ4v) is 2.26. The van der Waals surface area contributed by atoms with Crippen molar-refractivity contribution in [3.05, 3.63) is 27.7 Å². The van der Waals surface area contributed by atoms with Crippen molar-refractivity contribution < 1.29 is 8.76 Å². The Balaban J connectivity index is 3.38. The third-order valence-electron chi connectivity index (χ3n) is 1.37. The van der Waals surface area contributed by atoms with E-state index in [1.165, 1.54) is 6.07 Å². The molecule has 0 saturated carbocycles. The van der Waals surface area contributed by atoms with Crippen molar-refractivity contribution in [3.63, 3.8) is 0 Å². The van der Waals surface area contributed by atoms with Crippen LogP contribution in [0.25, 0.3) is 0 Å². The van der Waals surface area contributed by atoms with Gasteiger partial charge < -0.3 is 4.55 Å². The van der Waals surface area contributed by atoms with Crippen LogP contribution in [0.5, 0.6) is 0 Å². The fourth-order valence-electron chi connectivity index (χ4n) is 0.910. The SMILES string of the molecule is Cc1cc(Cl)cc(Cl)c1S(=O)O. The van der Waals surface area contributed by atoms with Gasteiger partial charge in [-0.2, -0.15) is 0 Å². The van der Waals surface area contributed by atoms with Crippen molar-refractivity contribution >= 4 is 34.3 Å². The van der Waals surface area contributed by atoms with E-state index in [1.807, 2.05) is 0 Å². The van der Waals surface area contributed by atoms with Crippen LogP contribution in [0.3, 0.4) is 0 Å². The molecule has 0 aliphatic heterocycles. The Morgan fingerprint density at radius 1 is 1.42 bits per heavy atom. The maximum atomic E-state index is 10.7. The molecule has 1 aromatic carbocycles. The molecular weight excluding hydrogens is 219 g/mol. The molecule has 0 aliphatic carbocycles. The van der Waals surface area contributed by atoms with Gasteiger partial charge in [-0.05, 0) is 24.6 Å². The molecule has 1 N–H and O–H groups in total. The molecule has 5 heteroatoms. The van der Waals surface area contributed by atoms with E-state index in [1.54, 1.807) is 13.0 Å². The Morgan fingerprint density at radius 2 is 2.00 bits per heavy atom. The van der Waals surface area contributed by atoms with Gasteiger partial charge in [0.1, 0.15) is 0 Å². The number of hydrogen-bond donors (Lipinski definition) is 1. The maximum Gasteiger partial charge on any atom is 0.188 e. The van der Waals surface area contributed by atoms with Crippen LogP contribution in [0.4, 0.5) is 0 Å². The van der Waals surface area contributed by atoms with Gasteiger partial charge in [0.15, 0.2) is 11.1 Å². The Bertz CT molecular complexity index is 315. The first-order chi connectivity index (χ1) is 5.52. The van der Waals surface area contributed by atoms with E-state index in [0.29, 0.717) is 10.6 Å². The molecule has 0 radical (unpaired) electrons. The minimum absolute atomic E-state index is 0.223. The Hall–Kier alpha value is -0.0900. The third kappa shape index (κ3) is 1.98. The van der Waals surface area contributed by atoms with Crippen LogP contribution in [0, 0.1) is 6.92 Å². The minimum Gasteiger partial charge on any atom is -0.302 e. The summed E-state index contributed by atoms with van der Waals surface area (Å²) in [4.78, 5) is 0.223. The average molecular weight is 225 g/mol. The first-order valence-corrected chi connectivity index (χ1v) is 4.95. The molecule has 1 atom stereocenters. The monoisotopic (exact) mass is 224 g/mol. The second-order valence-corrected chi connectivity index (χ2v) is 4.03. The Kier molecular flexibility index (Phi) is 3.12. The summed E-state index contributed by atoms with van der Waals surface area (Å²) in [6.45, 7) is 1.68. The summed E-state index contributed by atoms with van der Waals surface area (Å²) in [6, 6.07) is 3.04. The summed E-state index contributed by atoms with van der Waals surface area (Å²) >= 11 is 9.30. The number of rotatable bonds is 1. The highest BCUT2D eigenvalue weighted by Gasteiger charge is 2.10. The number of aryl methyl sites for hydroxylation is 1. The summed E-state index contributed by atoms with van der Waals surface area (Å²) < 4.78 is 19.6. The van der Waals surface area contributed by atoms with E-state index >= 15 is 0 Å². The minimum atomic E-state index is -2.05. The number of hydrogen-bond acceptors (Lipinski definition) is 1. The zero-order chi connectivity index (χ0) is 9.30. The van der Waals surface area contributed by atoms with E-state index in [0.717, 1.165) is 0 Å². The number of halogens is 2. The van der Waals surface area contributed by atoms with Crippen LogP contribution < -0.4 is 0 Å². The summed E-state index contributed by atoms with van der Waals surface area (Å²) in [7, 11) is 0. The Morgan fingerprint density at radius 3 is 2.42 bits per heavy atom. The van der Waals surface area contributed by atoms with Gasteiger partial charge in [0.2, 0.25) is 0 Å². The second-order valence-electron chi connectivity index (χ2n) is 2.28. The predicted octanol–water partition coefficient (Wildman–Crippen LogP) is 2.88. The topological polar surface area (TPSA) is 37.3 Å². The van der Waals surface area contributed by atoms with E-state index in [9.17, 15) is 4.21 Å². The summed E-state index contributed by atoms with van der Waals surface area (Å²) in [6.07, 6.45) is 0. The number of benzene rings is 1. The van der Waals surface area contributed by atoms with Crippen LogP contribution in [0.2, 0.25) is 10.0 Å². The van der Waals surface area contributed by atoms with Gasteiger partial charge in [-0.3, -0.25) is 0 Å². The summed E-state index contributed by atoms with van der Waals surface area (Å²) in [5.41, 5.74) is 0.619.